The summed E-state index contributed by atoms with van der Waals surface area (Å²) in [5.74, 6) is -0.266. The largest absolute Gasteiger partial charge is 0.461 e. The molecule has 1 aromatic rings. The maximum Gasteiger partial charge on any atom is 0.461 e. The minimum Gasteiger partial charge on any atom is -0.428 e. The van der Waals surface area contributed by atoms with E-state index in [4.69, 9.17) is 4.74 Å². The van der Waals surface area contributed by atoms with Gasteiger partial charge in [-0.15, -0.1) is 0 Å². The van der Waals surface area contributed by atoms with E-state index in [-0.39, 0.29) is 18.0 Å². The van der Waals surface area contributed by atoms with Crippen molar-refractivity contribution in [1.82, 2.24) is 0 Å². The number of rotatable bonds is 4. The average molecular weight is 302 g/mol. The second-order valence-corrected chi connectivity index (χ2v) is 5.26. The summed E-state index contributed by atoms with van der Waals surface area (Å²) in [6, 6.07) is 5.88. The highest BCUT2D eigenvalue weighted by atomic mass is 19.3. The molecule has 3 rings (SSSR count). The SMILES string of the molecule is FC(F)C(F)(F)Oc1cccc(C2=CC3CCC(C2)O3)c1. The van der Waals surface area contributed by atoms with Gasteiger partial charge in [0.1, 0.15) is 5.75 Å². The van der Waals surface area contributed by atoms with E-state index in [2.05, 4.69) is 4.74 Å². The minimum atomic E-state index is -4.48. The Labute approximate surface area is 119 Å². The van der Waals surface area contributed by atoms with Crippen molar-refractivity contribution >= 4 is 5.57 Å². The minimum absolute atomic E-state index is 0.0610. The lowest BCUT2D eigenvalue weighted by molar-refractivity contribution is -0.253. The van der Waals surface area contributed by atoms with Crippen molar-refractivity contribution in [2.45, 2.75) is 44.0 Å². The van der Waals surface area contributed by atoms with Gasteiger partial charge in [0.05, 0.1) is 12.2 Å². The molecule has 2 aliphatic heterocycles. The van der Waals surface area contributed by atoms with Crippen LogP contribution in [-0.2, 0) is 4.74 Å². The standard InChI is InChI=1S/C15H14F4O2/c16-14(17)15(18,19)21-13-3-1-2-9(6-13)10-7-11-4-5-12(8-10)20-11/h1-3,6-7,11-12,14H,4-5,8H2. The number of hydrogen-bond acceptors (Lipinski definition) is 2. The van der Waals surface area contributed by atoms with Crippen LogP contribution in [0.25, 0.3) is 5.57 Å². The van der Waals surface area contributed by atoms with Crippen LogP contribution in [0.3, 0.4) is 0 Å². The summed E-state index contributed by atoms with van der Waals surface area (Å²) in [5.41, 5.74) is 1.69. The molecule has 2 atom stereocenters. The Morgan fingerprint density at radius 1 is 1.24 bits per heavy atom. The van der Waals surface area contributed by atoms with Gasteiger partial charge in [0.25, 0.3) is 0 Å². The summed E-state index contributed by atoms with van der Waals surface area (Å²) in [7, 11) is 0. The van der Waals surface area contributed by atoms with E-state index in [1.54, 1.807) is 6.07 Å². The normalized spacial score (nSPS) is 25.1. The van der Waals surface area contributed by atoms with E-state index in [9.17, 15) is 17.6 Å². The van der Waals surface area contributed by atoms with E-state index in [0.29, 0.717) is 12.0 Å². The summed E-state index contributed by atoms with van der Waals surface area (Å²) >= 11 is 0. The predicted octanol–water partition coefficient (Wildman–Crippen LogP) is 4.26. The number of halogens is 4. The average Bonchev–Trinajstić information content (AvgIpc) is 2.77. The summed E-state index contributed by atoms with van der Waals surface area (Å²) in [6.45, 7) is 0. The quantitative estimate of drug-likeness (QED) is 0.774. The third kappa shape index (κ3) is 3.05. The van der Waals surface area contributed by atoms with Crippen molar-refractivity contribution in [2.75, 3.05) is 0 Å². The molecule has 2 unspecified atom stereocenters. The van der Waals surface area contributed by atoms with Gasteiger partial charge in [0.15, 0.2) is 0 Å². The van der Waals surface area contributed by atoms with Crippen molar-refractivity contribution in [1.29, 1.82) is 0 Å². The first kappa shape index (κ1) is 14.4. The first-order chi connectivity index (χ1) is 9.94. The highest BCUT2D eigenvalue weighted by Gasteiger charge is 2.44. The lowest BCUT2D eigenvalue weighted by atomic mass is 9.98. The van der Waals surface area contributed by atoms with Gasteiger partial charge in [-0.05, 0) is 42.5 Å². The molecule has 1 fully saturated rings. The lowest BCUT2D eigenvalue weighted by Gasteiger charge is -2.22. The molecule has 0 amide bonds. The molecule has 2 nitrogen and oxygen atoms in total. The summed E-state index contributed by atoms with van der Waals surface area (Å²) in [5, 5.41) is 0. The Balaban J connectivity index is 1.81. The zero-order valence-corrected chi connectivity index (χ0v) is 11.1. The smallest absolute Gasteiger partial charge is 0.428 e. The molecule has 21 heavy (non-hydrogen) atoms. The van der Waals surface area contributed by atoms with Crippen molar-refractivity contribution in [3.8, 4) is 5.75 Å². The number of hydrogen-bond donors (Lipinski definition) is 0. The molecule has 0 aliphatic carbocycles. The van der Waals surface area contributed by atoms with Gasteiger partial charge in [-0.25, -0.2) is 0 Å². The highest BCUT2D eigenvalue weighted by molar-refractivity contribution is 5.68. The van der Waals surface area contributed by atoms with E-state index in [0.717, 1.165) is 18.4 Å². The van der Waals surface area contributed by atoms with Crippen LogP contribution >= 0.6 is 0 Å². The van der Waals surface area contributed by atoms with Crippen LogP contribution < -0.4 is 4.74 Å². The van der Waals surface area contributed by atoms with Crippen LogP contribution in [0.5, 0.6) is 5.75 Å². The fraction of sp³-hybridized carbons (Fsp3) is 0.467. The van der Waals surface area contributed by atoms with E-state index in [1.807, 2.05) is 6.08 Å². The maximum absolute atomic E-state index is 12.9. The maximum atomic E-state index is 12.9. The number of alkyl halides is 4. The van der Waals surface area contributed by atoms with Crippen LogP contribution in [0.2, 0.25) is 0 Å². The Bertz CT molecular complexity index is 556. The van der Waals surface area contributed by atoms with Crippen LogP contribution in [0.1, 0.15) is 24.8 Å². The molecule has 2 aliphatic rings. The molecule has 0 radical (unpaired) electrons. The second kappa shape index (κ2) is 5.33. The number of benzene rings is 1. The van der Waals surface area contributed by atoms with Crippen LogP contribution in [0.15, 0.2) is 30.3 Å². The predicted molar refractivity (Wildman–Crippen MR) is 68.5 cm³/mol. The van der Waals surface area contributed by atoms with Crippen molar-refractivity contribution < 1.29 is 27.0 Å². The molecule has 0 spiro atoms. The molecular weight excluding hydrogens is 288 g/mol. The fourth-order valence-corrected chi connectivity index (χ4v) is 2.72. The Kier molecular flexibility index (Phi) is 3.65. The van der Waals surface area contributed by atoms with Gasteiger partial charge in [0, 0.05) is 0 Å². The molecule has 0 saturated carbocycles. The van der Waals surface area contributed by atoms with Gasteiger partial charge < -0.3 is 9.47 Å². The van der Waals surface area contributed by atoms with E-state index >= 15 is 0 Å². The first-order valence-electron chi connectivity index (χ1n) is 6.75. The summed E-state index contributed by atoms with van der Waals surface area (Å²) in [6.07, 6.45) is -3.54. The third-order valence-electron chi connectivity index (χ3n) is 3.69. The molecule has 2 bridgehead atoms. The molecule has 0 aromatic heterocycles. The zero-order chi connectivity index (χ0) is 15.0. The van der Waals surface area contributed by atoms with Crippen LogP contribution in [-0.4, -0.2) is 24.7 Å². The van der Waals surface area contributed by atoms with Gasteiger partial charge in [-0.1, -0.05) is 18.2 Å². The molecule has 2 heterocycles. The van der Waals surface area contributed by atoms with Crippen molar-refractivity contribution in [2.24, 2.45) is 0 Å². The van der Waals surface area contributed by atoms with E-state index < -0.39 is 12.5 Å². The van der Waals surface area contributed by atoms with E-state index in [1.165, 1.54) is 18.2 Å². The molecule has 0 N–H and O–H groups in total. The highest BCUT2D eigenvalue weighted by Crippen LogP contribution is 2.37. The van der Waals surface area contributed by atoms with Gasteiger partial charge >= 0.3 is 12.5 Å². The molecule has 114 valence electrons. The van der Waals surface area contributed by atoms with Gasteiger partial charge in [0.2, 0.25) is 0 Å². The molecule has 1 saturated heterocycles. The van der Waals surface area contributed by atoms with Crippen LogP contribution in [0, 0.1) is 0 Å². The Hall–Kier alpha value is -1.56. The van der Waals surface area contributed by atoms with Crippen molar-refractivity contribution in [3.05, 3.63) is 35.9 Å². The second-order valence-electron chi connectivity index (χ2n) is 5.26. The first-order valence-corrected chi connectivity index (χ1v) is 6.75. The topological polar surface area (TPSA) is 18.5 Å². The van der Waals surface area contributed by atoms with Gasteiger partial charge in [-0.2, -0.15) is 17.6 Å². The van der Waals surface area contributed by atoms with Crippen LogP contribution in [0.4, 0.5) is 17.6 Å². The van der Waals surface area contributed by atoms with Crippen molar-refractivity contribution in [3.63, 3.8) is 0 Å². The Morgan fingerprint density at radius 3 is 2.76 bits per heavy atom. The zero-order valence-electron chi connectivity index (χ0n) is 11.1. The number of fused-ring (bicyclic) bond motifs is 2. The summed E-state index contributed by atoms with van der Waals surface area (Å²) < 4.78 is 60.0. The Morgan fingerprint density at radius 2 is 2.05 bits per heavy atom. The third-order valence-corrected chi connectivity index (χ3v) is 3.69. The molecule has 1 aromatic carbocycles. The monoisotopic (exact) mass is 302 g/mol. The summed E-state index contributed by atoms with van der Waals surface area (Å²) in [4.78, 5) is 0. The molecular formula is C15H14F4O2. The fourth-order valence-electron chi connectivity index (χ4n) is 2.72. The number of ether oxygens (including phenoxy) is 2. The van der Waals surface area contributed by atoms with Gasteiger partial charge in [-0.3, -0.25) is 0 Å². The lowest BCUT2D eigenvalue weighted by Crippen LogP contribution is -2.33. The molecule has 6 heteroatoms.